The second-order valence-electron chi connectivity index (χ2n) is 8.40. The Labute approximate surface area is 161 Å². The average Bonchev–Trinajstić information content (AvgIpc) is 3.36. The van der Waals surface area contributed by atoms with E-state index in [1.165, 1.54) is 5.56 Å². The number of nitrogens with one attached hydrogen (secondary N) is 1. The van der Waals surface area contributed by atoms with Crippen LogP contribution in [0.4, 0.5) is 4.79 Å². The van der Waals surface area contributed by atoms with Crippen LogP contribution >= 0.6 is 0 Å². The quantitative estimate of drug-likeness (QED) is 0.872. The largest absolute Gasteiger partial charge is 0.342 e. The summed E-state index contributed by atoms with van der Waals surface area (Å²) >= 11 is 0. The fraction of sp³-hybridized carbons (Fsp3) is 0.619. The van der Waals surface area contributed by atoms with Gasteiger partial charge in [-0.15, -0.1) is 0 Å². The number of carbonyl (C=O) groups excluding carboxylic acids is 2. The third-order valence-electron chi connectivity index (χ3n) is 6.42. The monoisotopic (exact) mass is 370 g/mol. The van der Waals surface area contributed by atoms with Crippen molar-refractivity contribution in [1.29, 1.82) is 0 Å². The summed E-state index contributed by atoms with van der Waals surface area (Å²) in [6.07, 6.45) is 3.03. The molecule has 3 saturated heterocycles. The van der Waals surface area contributed by atoms with Crippen LogP contribution in [0.5, 0.6) is 0 Å². The summed E-state index contributed by atoms with van der Waals surface area (Å²) in [6, 6.07) is 10.2. The molecule has 0 aliphatic carbocycles. The Balaban J connectivity index is 1.37. The van der Waals surface area contributed by atoms with E-state index in [-0.39, 0.29) is 17.9 Å². The Bertz CT molecular complexity index is 689. The van der Waals surface area contributed by atoms with Gasteiger partial charge in [-0.2, -0.15) is 0 Å². The van der Waals surface area contributed by atoms with E-state index in [0.717, 1.165) is 45.4 Å². The molecule has 4 rings (SSSR count). The molecule has 3 fully saturated rings. The Morgan fingerprint density at radius 1 is 1.07 bits per heavy atom. The Kier molecular flexibility index (Phi) is 5.08. The molecular formula is C21H30N4O2. The average molecular weight is 370 g/mol. The number of benzene rings is 1. The van der Waals surface area contributed by atoms with Crippen molar-refractivity contribution >= 4 is 11.9 Å². The molecule has 2 atom stereocenters. The molecule has 0 bridgehead atoms. The molecule has 3 aliphatic heterocycles. The van der Waals surface area contributed by atoms with E-state index in [4.69, 9.17) is 0 Å². The SMILES string of the molecule is CN1C[C@H]2CN(C(=O)NCCc3ccccc3)C[C@@]2(C(=O)N2CCCC2)C1. The van der Waals surface area contributed by atoms with Crippen molar-refractivity contribution in [3.05, 3.63) is 35.9 Å². The van der Waals surface area contributed by atoms with Crippen LogP contribution < -0.4 is 5.32 Å². The zero-order valence-corrected chi connectivity index (χ0v) is 16.2. The van der Waals surface area contributed by atoms with Gasteiger partial charge in [-0.05, 0) is 31.9 Å². The van der Waals surface area contributed by atoms with Crippen molar-refractivity contribution < 1.29 is 9.59 Å². The maximum absolute atomic E-state index is 13.3. The number of hydrogen-bond acceptors (Lipinski definition) is 3. The van der Waals surface area contributed by atoms with Gasteiger partial charge >= 0.3 is 6.03 Å². The van der Waals surface area contributed by atoms with E-state index in [1.54, 1.807) is 0 Å². The fourth-order valence-corrected chi connectivity index (χ4v) is 5.08. The summed E-state index contributed by atoms with van der Waals surface area (Å²) in [6.45, 7) is 5.27. The second-order valence-corrected chi connectivity index (χ2v) is 8.40. The van der Waals surface area contributed by atoms with Crippen molar-refractivity contribution in [3.8, 4) is 0 Å². The number of rotatable bonds is 4. The Morgan fingerprint density at radius 2 is 1.81 bits per heavy atom. The van der Waals surface area contributed by atoms with Gasteiger partial charge in [0.15, 0.2) is 0 Å². The van der Waals surface area contributed by atoms with Crippen molar-refractivity contribution in [1.82, 2.24) is 20.0 Å². The van der Waals surface area contributed by atoms with Crippen LogP contribution in [0.1, 0.15) is 18.4 Å². The van der Waals surface area contributed by atoms with Gasteiger partial charge in [0.1, 0.15) is 0 Å². The Morgan fingerprint density at radius 3 is 2.56 bits per heavy atom. The topological polar surface area (TPSA) is 55.9 Å². The van der Waals surface area contributed by atoms with Crippen LogP contribution in [-0.4, -0.2) is 79.5 Å². The molecule has 3 amide bonds. The lowest BCUT2D eigenvalue weighted by molar-refractivity contribution is -0.141. The highest BCUT2D eigenvalue weighted by Crippen LogP contribution is 2.44. The molecule has 1 aromatic rings. The van der Waals surface area contributed by atoms with E-state index in [0.29, 0.717) is 19.6 Å². The molecule has 3 heterocycles. The van der Waals surface area contributed by atoms with E-state index < -0.39 is 5.41 Å². The summed E-state index contributed by atoms with van der Waals surface area (Å²) in [5, 5.41) is 3.05. The van der Waals surface area contributed by atoms with Crippen LogP contribution in [0.15, 0.2) is 30.3 Å². The molecule has 0 aromatic heterocycles. The number of nitrogens with zero attached hydrogens (tertiary/aromatic N) is 3. The molecular weight excluding hydrogens is 340 g/mol. The van der Waals surface area contributed by atoms with Gasteiger partial charge in [-0.3, -0.25) is 4.79 Å². The van der Waals surface area contributed by atoms with Crippen LogP contribution in [-0.2, 0) is 11.2 Å². The van der Waals surface area contributed by atoms with Crippen molar-refractivity contribution in [2.75, 3.05) is 52.9 Å². The van der Waals surface area contributed by atoms with E-state index in [9.17, 15) is 9.59 Å². The summed E-state index contributed by atoms with van der Waals surface area (Å²) in [7, 11) is 2.08. The van der Waals surface area contributed by atoms with Gasteiger partial charge in [0.05, 0.1) is 5.41 Å². The van der Waals surface area contributed by atoms with Crippen LogP contribution in [0.25, 0.3) is 0 Å². The highest BCUT2D eigenvalue weighted by atomic mass is 16.2. The van der Waals surface area contributed by atoms with Gasteiger partial charge < -0.3 is 20.0 Å². The number of amides is 3. The smallest absolute Gasteiger partial charge is 0.317 e. The number of carbonyl (C=O) groups is 2. The third-order valence-corrected chi connectivity index (χ3v) is 6.42. The molecule has 146 valence electrons. The fourth-order valence-electron chi connectivity index (χ4n) is 5.08. The highest BCUT2D eigenvalue weighted by Gasteiger charge is 2.58. The zero-order valence-electron chi connectivity index (χ0n) is 16.2. The molecule has 3 aliphatic rings. The first-order valence-electron chi connectivity index (χ1n) is 10.1. The maximum atomic E-state index is 13.3. The number of fused-ring (bicyclic) bond motifs is 1. The highest BCUT2D eigenvalue weighted by molar-refractivity contribution is 5.86. The van der Waals surface area contributed by atoms with E-state index in [2.05, 4.69) is 29.4 Å². The van der Waals surface area contributed by atoms with Gasteiger partial charge in [0, 0.05) is 51.7 Å². The van der Waals surface area contributed by atoms with Crippen LogP contribution in [0, 0.1) is 11.3 Å². The molecule has 0 saturated carbocycles. The van der Waals surface area contributed by atoms with Gasteiger partial charge in [0.25, 0.3) is 0 Å². The van der Waals surface area contributed by atoms with Crippen LogP contribution in [0.3, 0.4) is 0 Å². The van der Waals surface area contributed by atoms with Gasteiger partial charge in [0.2, 0.25) is 5.91 Å². The summed E-state index contributed by atoms with van der Waals surface area (Å²) in [5.41, 5.74) is 0.814. The lowest BCUT2D eigenvalue weighted by Gasteiger charge is -2.32. The maximum Gasteiger partial charge on any atom is 0.317 e. The normalized spacial score (nSPS) is 27.8. The standard InChI is InChI=1S/C21H30N4O2/c1-23-13-18-14-25(20(27)22-10-9-17-7-3-2-4-8-17)16-21(18,15-23)19(26)24-11-5-6-12-24/h2-4,7-8,18H,5-6,9-16H2,1H3,(H,22,27)/t18-,21-/m0/s1. The van der Waals surface area contributed by atoms with Gasteiger partial charge in [-0.25, -0.2) is 4.79 Å². The molecule has 1 N–H and O–H groups in total. The molecule has 27 heavy (non-hydrogen) atoms. The van der Waals surface area contributed by atoms with E-state index >= 15 is 0 Å². The minimum absolute atomic E-state index is 0.0309. The predicted molar refractivity (Wildman–Crippen MR) is 104 cm³/mol. The molecule has 1 aromatic carbocycles. The molecule has 0 unspecified atom stereocenters. The summed E-state index contributed by atoms with van der Waals surface area (Å²) < 4.78 is 0. The lowest BCUT2D eigenvalue weighted by atomic mass is 9.79. The molecule has 0 radical (unpaired) electrons. The number of likely N-dealkylation sites (tertiary alicyclic amines) is 3. The first-order chi connectivity index (χ1) is 13.1. The predicted octanol–water partition coefficient (Wildman–Crippen LogP) is 1.42. The summed E-state index contributed by atoms with van der Waals surface area (Å²) in [5.74, 6) is 0.518. The van der Waals surface area contributed by atoms with Crippen molar-refractivity contribution in [2.24, 2.45) is 11.3 Å². The van der Waals surface area contributed by atoms with E-state index in [1.807, 2.05) is 28.0 Å². The third kappa shape index (κ3) is 3.55. The second kappa shape index (κ2) is 7.50. The summed E-state index contributed by atoms with van der Waals surface area (Å²) in [4.78, 5) is 32.2. The molecule has 6 nitrogen and oxygen atoms in total. The first kappa shape index (κ1) is 18.3. The van der Waals surface area contributed by atoms with Crippen molar-refractivity contribution in [2.45, 2.75) is 19.3 Å². The minimum atomic E-state index is -0.407. The molecule has 6 heteroatoms. The zero-order chi connectivity index (χ0) is 18.9. The minimum Gasteiger partial charge on any atom is -0.342 e. The van der Waals surface area contributed by atoms with Gasteiger partial charge in [-0.1, -0.05) is 30.3 Å². The lowest BCUT2D eigenvalue weighted by Crippen LogP contribution is -2.49. The first-order valence-corrected chi connectivity index (χ1v) is 10.1. The number of urea groups is 1. The molecule has 0 spiro atoms. The van der Waals surface area contributed by atoms with Crippen LogP contribution in [0.2, 0.25) is 0 Å². The van der Waals surface area contributed by atoms with Crippen molar-refractivity contribution in [3.63, 3.8) is 0 Å². The Hall–Kier alpha value is -2.08. The number of hydrogen-bond donors (Lipinski definition) is 1.